The molecular weight excluding hydrogens is 335 g/mol. The summed E-state index contributed by atoms with van der Waals surface area (Å²) in [7, 11) is 0. The van der Waals surface area contributed by atoms with E-state index in [1.54, 1.807) is 41.3 Å². The zero-order valence-corrected chi connectivity index (χ0v) is 14.4. The first-order valence-corrected chi connectivity index (χ1v) is 8.70. The van der Waals surface area contributed by atoms with Crippen LogP contribution in [-0.2, 0) is 4.79 Å². The number of carbonyl (C=O) groups excluding carboxylic acids is 2. The summed E-state index contributed by atoms with van der Waals surface area (Å²) in [5.74, 6) is 0.268. The molecule has 136 valence electrons. The number of amides is 2. The average molecular weight is 356 g/mol. The normalized spacial score (nSPS) is 13.7. The van der Waals surface area contributed by atoms with Gasteiger partial charge in [-0.3, -0.25) is 9.59 Å². The van der Waals surface area contributed by atoms with Crippen molar-refractivity contribution in [1.82, 2.24) is 5.32 Å². The van der Waals surface area contributed by atoms with Crippen molar-refractivity contribution in [2.75, 3.05) is 24.6 Å². The number of hydrogen-bond donors (Lipinski definition) is 1. The summed E-state index contributed by atoms with van der Waals surface area (Å²) >= 11 is 0. The Hall–Kier alpha value is -2.89. The van der Waals surface area contributed by atoms with Gasteiger partial charge in [0.15, 0.2) is 0 Å². The predicted molar refractivity (Wildman–Crippen MR) is 96.9 cm³/mol. The molecule has 1 N–H and O–H groups in total. The Balaban J connectivity index is 1.40. The van der Waals surface area contributed by atoms with Gasteiger partial charge in [-0.05, 0) is 61.4 Å². The second-order valence-corrected chi connectivity index (χ2v) is 6.11. The lowest BCUT2D eigenvalue weighted by atomic mass is 10.2. The van der Waals surface area contributed by atoms with Crippen molar-refractivity contribution in [1.29, 1.82) is 0 Å². The third kappa shape index (κ3) is 4.59. The maximum atomic E-state index is 12.8. The number of nitrogens with zero attached hydrogens (tertiary/aromatic N) is 1. The number of carbonyl (C=O) groups is 2. The number of halogens is 1. The smallest absolute Gasteiger partial charge is 0.251 e. The van der Waals surface area contributed by atoms with Gasteiger partial charge in [0.05, 0.1) is 6.61 Å². The molecule has 0 atom stereocenters. The third-order valence-corrected chi connectivity index (χ3v) is 4.20. The fraction of sp³-hybridized carbons (Fsp3) is 0.300. The standard InChI is InChI=1S/C20H21FN2O3/c21-16-6-10-18(11-7-16)26-14-2-12-22-20(25)15-4-8-17(9-5-15)23-13-1-3-19(23)24/h4-11H,1-3,12-14H2,(H,22,25). The molecule has 0 unspecified atom stereocenters. The molecule has 1 fully saturated rings. The monoisotopic (exact) mass is 356 g/mol. The van der Waals surface area contributed by atoms with E-state index < -0.39 is 0 Å². The Kier molecular flexibility index (Phi) is 5.84. The SMILES string of the molecule is O=C(NCCCOc1ccc(F)cc1)c1ccc(N2CCCC2=O)cc1. The van der Waals surface area contributed by atoms with Crippen LogP contribution in [0.4, 0.5) is 10.1 Å². The van der Waals surface area contributed by atoms with Crippen LogP contribution >= 0.6 is 0 Å². The van der Waals surface area contributed by atoms with Crippen molar-refractivity contribution >= 4 is 17.5 Å². The van der Waals surface area contributed by atoms with Gasteiger partial charge in [-0.2, -0.15) is 0 Å². The van der Waals surface area contributed by atoms with Crippen LogP contribution in [0.15, 0.2) is 48.5 Å². The first-order chi connectivity index (χ1) is 12.6. The lowest BCUT2D eigenvalue weighted by Crippen LogP contribution is -2.26. The summed E-state index contributed by atoms with van der Waals surface area (Å²) in [6.45, 7) is 1.65. The molecule has 2 aromatic rings. The van der Waals surface area contributed by atoms with E-state index in [1.165, 1.54) is 12.1 Å². The van der Waals surface area contributed by atoms with E-state index in [4.69, 9.17) is 4.74 Å². The lowest BCUT2D eigenvalue weighted by Gasteiger charge is -2.15. The highest BCUT2D eigenvalue weighted by molar-refractivity contribution is 5.97. The van der Waals surface area contributed by atoms with E-state index in [-0.39, 0.29) is 17.6 Å². The lowest BCUT2D eigenvalue weighted by molar-refractivity contribution is -0.117. The van der Waals surface area contributed by atoms with Gasteiger partial charge in [0, 0.05) is 30.8 Å². The van der Waals surface area contributed by atoms with Crippen LogP contribution in [0, 0.1) is 5.82 Å². The topological polar surface area (TPSA) is 58.6 Å². The second-order valence-electron chi connectivity index (χ2n) is 6.11. The average Bonchev–Trinajstić information content (AvgIpc) is 3.09. The molecule has 26 heavy (non-hydrogen) atoms. The molecule has 1 aliphatic heterocycles. The molecule has 0 spiro atoms. The van der Waals surface area contributed by atoms with Crippen LogP contribution in [0.1, 0.15) is 29.6 Å². The minimum absolute atomic E-state index is 0.128. The highest BCUT2D eigenvalue weighted by Gasteiger charge is 2.21. The molecule has 5 nitrogen and oxygen atoms in total. The second kappa shape index (κ2) is 8.47. The van der Waals surface area contributed by atoms with Crippen LogP contribution in [0.5, 0.6) is 5.75 Å². The van der Waals surface area contributed by atoms with Gasteiger partial charge in [-0.15, -0.1) is 0 Å². The first kappa shape index (κ1) is 17.9. The number of nitrogens with one attached hydrogen (secondary N) is 1. The summed E-state index contributed by atoms with van der Waals surface area (Å²) in [6, 6.07) is 12.9. The Labute approximate surface area is 151 Å². The molecule has 1 heterocycles. The van der Waals surface area contributed by atoms with Gasteiger partial charge in [0.2, 0.25) is 5.91 Å². The highest BCUT2D eigenvalue weighted by Crippen LogP contribution is 2.21. The van der Waals surface area contributed by atoms with Crippen molar-refractivity contribution in [2.45, 2.75) is 19.3 Å². The van der Waals surface area contributed by atoms with Gasteiger partial charge in [0.1, 0.15) is 11.6 Å². The van der Waals surface area contributed by atoms with Crippen molar-refractivity contribution in [3.8, 4) is 5.75 Å². The zero-order chi connectivity index (χ0) is 18.4. The Morgan fingerprint density at radius 1 is 1.12 bits per heavy atom. The van der Waals surface area contributed by atoms with Crippen LogP contribution < -0.4 is 15.0 Å². The van der Waals surface area contributed by atoms with E-state index in [0.717, 1.165) is 18.7 Å². The molecule has 0 radical (unpaired) electrons. The molecule has 1 aliphatic rings. The fourth-order valence-electron chi connectivity index (χ4n) is 2.81. The fourth-order valence-corrected chi connectivity index (χ4v) is 2.81. The van der Waals surface area contributed by atoms with Gasteiger partial charge in [-0.25, -0.2) is 4.39 Å². The zero-order valence-electron chi connectivity index (χ0n) is 14.4. The van der Waals surface area contributed by atoms with E-state index in [9.17, 15) is 14.0 Å². The minimum atomic E-state index is -0.301. The minimum Gasteiger partial charge on any atom is -0.494 e. The van der Waals surface area contributed by atoms with Crippen LogP contribution in [0.3, 0.4) is 0 Å². The van der Waals surface area contributed by atoms with Gasteiger partial charge >= 0.3 is 0 Å². The molecule has 2 amide bonds. The molecule has 0 aromatic heterocycles. The molecule has 3 rings (SSSR count). The predicted octanol–water partition coefficient (Wildman–Crippen LogP) is 3.15. The van der Waals surface area contributed by atoms with Crippen LogP contribution in [0.2, 0.25) is 0 Å². The largest absolute Gasteiger partial charge is 0.494 e. The summed E-state index contributed by atoms with van der Waals surface area (Å²) in [6.07, 6.45) is 2.10. The quantitative estimate of drug-likeness (QED) is 0.776. The molecule has 2 aromatic carbocycles. The van der Waals surface area contributed by atoms with Crippen LogP contribution in [0.25, 0.3) is 0 Å². The molecule has 0 aliphatic carbocycles. The molecular formula is C20H21FN2O3. The Bertz CT molecular complexity index is 760. The Morgan fingerprint density at radius 2 is 1.85 bits per heavy atom. The number of benzene rings is 2. The Morgan fingerprint density at radius 3 is 2.50 bits per heavy atom. The third-order valence-electron chi connectivity index (χ3n) is 4.20. The number of anilines is 1. The molecule has 1 saturated heterocycles. The van der Waals surface area contributed by atoms with Crippen molar-refractivity contribution in [2.24, 2.45) is 0 Å². The maximum Gasteiger partial charge on any atom is 0.251 e. The summed E-state index contributed by atoms with van der Waals surface area (Å²) in [5, 5.41) is 2.83. The van der Waals surface area contributed by atoms with E-state index in [0.29, 0.717) is 37.3 Å². The van der Waals surface area contributed by atoms with Crippen molar-refractivity contribution in [3.63, 3.8) is 0 Å². The highest BCUT2D eigenvalue weighted by atomic mass is 19.1. The molecule has 6 heteroatoms. The first-order valence-electron chi connectivity index (χ1n) is 8.70. The van der Waals surface area contributed by atoms with Crippen LogP contribution in [-0.4, -0.2) is 31.5 Å². The molecule has 0 saturated carbocycles. The van der Waals surface area contributed by atoms with E-state index in [2.05, 4.69) is 5.32 Å². The summed E-state index contributed by atoms with van der Waals surface area (Å²) in [4.78, 5) is 25.6. The van der Waals surface area contributed by atoms with Crippen molar-refractivity contribution < 1.29 is 18.7 Å². The number of hydrogen-bond acceptors (Lipinski definition) is 3. The van der Waals surface area contributed by atoms with Gasteiger partial charge in [0.25, 0.3) is 5.91 Å². The summed E-state index contributed by atoms with van der Waals surface area (Å²) < 4.78 is 18.3. The van der Waals surface area contributed by atoms with Gasteiger partial charge in [-0.1, -0.05) is 0 Å². The number of ether oxygens (including phenoxy) is 1. The number of rotatable bonds is 7. The van der Waals surface area contributed by atoms with E-state index in [1.807, 2.05) is 0 Å². The maximum absolute atomic E-state index is 12.8. The van der Waals surface area contributed by atoms with E-state index >= 15 is 0 Å². The van der Waals surface area contributed by atoms with Gasteiger partial charge < -0.3 is 15.0 Å². The summed E-state index contributed by atoms with van der Waals surface area (Å²) in [5.41, 5.74) is 1.39. The molecule has 0 bridgehead atoms. The van der Waals surface area contributed by atoms with Crippen molar-refractivity contribution in [3.05, 3.63) is 59.9 Å².